The van der Waals surface area contributed by atoms with Gasteiger partial charge in [0.1, 0.15) is 35.7 Å². The molecular formula is C20H26N8O23P4. The fraction of sp³-hybridized carbons (Fsp3) is 0.500. The van der Waals surface area contributed by atoms with Crippen LogP contribution in [0.2, 0.25) is 0 Å². The standard InChI is InChI=1S/C20H26N8O23P4/c1-43-54(41,47-17-9(31)7(29)15(45-17)27-3-21-5-11(27)23-19(35)25-13(5)33)50-52(37,38)49-53(39,40)51-55(42,44-2)48-18-10(32)8(30)16(46-18)28-4-22-6-12(28)24-20(36)26-14(6)34/h3-4,7-10,15-18,29-32H,1-2H3,(H,37,38)(H,39,40)(H2,23,25,33,35)(H2,24,26,34,36)/t7-,8-,9-,10-,15-,16-,17-,18-,54?,55?/m1/s1. The lowest BCUT2D eigenvalue weighted by molar-refractivity contribution is -0.134. The molecule has 304 valence electrons. The Hall–Kier alpha value is -3.38. The first-order chi connectivity index (χ1) is 25.6. The largest absolute Gasteiger partial charge is 0.490 e. The number of phosphoric acid groups is 4. The van der Waals surface area contributed by atoms with E-state index in [0.29, 0.717) is 14.2 Å². The van der Waals surface area contributed by atoms with Crippen LogP contribution in [0.5, 0.6) is 0 Å². The van der Waals surface area contributed by atoms with Gasteiger partial charge in [0.15, 0.2) is 36.1 Å². The minimum atomic E-state index is -6.24. The molecule has 0 aromatic carbocycles. The van der Waals surface area contributed by atoms with Crippen LogP contribution in [-0.2, 0) is 58.8 Å². The molecule has 6 heterocycles. The molecule has 2 aliphatic heterocycles. The van der Waals surface area contributed by atoms with Gasteiger partial charge in [0.25, 0.3) is 11.1 Å². The van der Waals surface area contributed by atoms with Gasteiger partial charge in [0.05, 0.1) is 12.7 Å². The van der Waals surface area contributed by atoms with Crippen molar-refractivity contribution in [3.8, 4) is 0 Å². The summed E-state index contributed by atoms with van der Waals surface area (Å²) in [5.41, 5.74) is -5.18. The lowest BCUT2D eigenvalue weighted by atomic mass is 10.2. The van der Waals surface area contributed by atoms with E-state index in [1.165, 1.54) is 0 Å². The zero-order valence-electron chi connectivity index (χ0n) is 27.0. The molecule has 0 radical (unpaired) electrons. The predicted molar refractivity (Wildman–Crippen MR) is 168 cm³/mol. The Labute approximate surface area is 299 Å². The SMILES string of the molecule is COP(=O)(O[C@H]1O[C@@H](n2cnc3c(=O)[nH]c(=O)[nH]c32)[C@H](O)[C@H]1O)OP(=O)(O)OP(=O)(O)OP(=O)(OC)O[C@H]1O[C@@H](n2cnc3c(=O)[nH]c(=O)[nH]c32)[C@H](O)[C@H]1O. The van der Waals surface area contributed by atoms with Gasteiger partial charge in [-0.2, -0.15) is 12.9 Å². The highest BCUT2D eigenvalue weighted by Gasteiger charge is 2.54. The molecule has 55 heavy (non-hydrogen) atoms. The quantitative estimate of drug-likeness (QED) is 0.0557. The number of phosphoric ester groups is 2. The first-order valence-electron chi connectivity index (χ1n) is 14.5. The summed E-state index contributed by atoms with van der Waals surface area (Å²) in [5, 5.41) is 42.1. The number of imidazole rings is 2. The monoisotopic (exact) mass is 870 g/mol. The maximum absolute atomic E-state index is 13.2. The second kappa shape index (κ2) is 14.8. The molecular weight excluding hydrogens is 844 g/mol. The van der Waals surface area contributed by atoms with E-state index >= 15 is 0 Å². The molecule has 2 aliphatic rings. The van der Waals surface area contributed by atoms with Crippen molar-refractivity contribution in [2.45, 2.75) is 49.5 Å². The average Bonchev–Trinajstić information content (AvgIpc) is 3.82. The summed E-state index contributed by atoms with van der Waals surface area (Å²) in [6.07, 6.45) is -14.6. The third-order valence-electron chi connectivity index (χ3n) is 7.40. The van der Waals surface area contributed by atoms with Crippen LogP contribution >= 0.6 is 31.3 Å². The van der Waals surface area contributed by atoms with E-state index in [2.05, 4.69) is 41.9 Å². The summed E-state index contributed by atoms with van der Waals surface area (Å²) >= 11 is 0. The molecule has 0 spiro atoms. The molecule has 0 saturated carbocycles. The molecule has 6 rings (SSSR count). The maximum atomic E-state index is 13.2. The number of aliphatic hydroxyl groups excluding tert-OH is 4. The molecule has 10 N–H and O–H groups in total. The third kappa shape index (κ3) is 8.22. The van der Waals surface area contributed by atoms with Crippen molar-refractivity contribution in [2.24, 2.45) is 0 Å². The number of aromatic amines is 4. The molecule has 0 aliphatic carbocycles. The summed E-state index contributed by atoms with van der Waals surface area (Å²) in [6, 6.07) is 0. The predicted octanol–water partition coefficient (Wildman–Crippen LogP) is -3.21. The molecule has 4 unspecified atom stereocenters. The van der Waals surface area contributed by atoms with Crippen LogP contribution in [-0.4, -0.2) is 120 Å². The highest BCUT2D eigenvalue weighted by molar-refractivity contribution is 7.70. The van der Waals surface area contributed by atoms with E-state index in [9.17, 15) is 67.7 Å². The lowest BCUT2D eigenvalue weighted by Crippen LogP contribution is -2.32. The first kappa shape index (κ1) is 41.3. The van der Waals surface area contributed by atoms with Crippen molar-refractivity contribution in [1.29, 1.82) is 0 Å². The van der Waals surface area contributed by atoms with Gasteiger partial charge >= 0.3 is 42.7 Å². The van der Waals surface area contributed by atoms with Gasteiger partial charge in [-0.3, -0.25) is 56.8 Å². The van der Waals surface area contributed by atoms with Crippen molar-refractivity contribution in [2.75, 3.05) is 14.2 Å². The Kier molecular flexibility index (Phi) is 11.1. The van der Waals surface area contributed by atoms with Crippen molar-refractivity contribution in [1.82, 2.24) is 39.0 Å². The van der Waals surface area contributed by atoms with Crippen molar-refractivity contribution >= 4 is 53.6 Å². The van der Waals surface area contributed by atoms with Crippen LogP contribution in [0.15, 0.2) is 31.8 Å². The summed E-state index contributed by atoms with van der Waals surface area (Å²) < 4.78 is 95.3. The number of nitrogens with zero attached hydrogens (tertiary/aromatic N) is 4. The van der Waals surface area contributed by atoms with E-state index in [1.54, 1.807) is 0 Å². The van der Waals surface area contributed by atoms with Crippen LogP contribution in [0, 0.1) is 0 Å². The lowest BCUT2D eigenvalue weighted by Gasteiger charge is -2.25. The van der Waals surface area contributed by atoms with Gasteiger partial charge < -0.3 is 39.7 Å². The normalized spacial score (nSPS) is 30.3. The van der Waals surface area contributed by atoms with Crippen LogP contribution in [0.1, 0.15) is 12.5 Å². The number of ether oxygens (including phenoxy) is 2. The van der Waals surface area contributed by atoms with Gasteiger partial charge in [-0.1, -0.05) is 0 Å². The molecule has 0 bridgehead atoms. The summed E-state index contributed by atoms with van der Waals surface area (Å²) in [6.45, 7) is 0. The van der Waals surface area contributed by atoms with Crippen molar-refractivity contribution < 1.29 is 89.0 Å². The fourth-order valence-electron chi connectivity index (χ4n) is 5.04. The number of H-pyrrole nitrogens is 4. The number of hydrogen-bond donors (Lipinski definition) is 10. The summed E-state index contributed by atoms with van der Waals surface area (Å²) in [4.78, 5) is 83.6. The van der Waals surface area contributed by atoms with E-state index in [0.717, 1.165) is 21.8 Å². The number of fused-ring (bicyclic) bond motifs is 2. The van der Waals surface area contributed by atoms with Gasteiger partial charge in [-0.05, 0) is 0 Å². The Balaban J connectivity index is 1.12. The minimum absolute atomic E-state index is 0.312. The van der Waals surface area contributed by atoms with Crippen LogP contribution in [0.3, 0.4) is 0 Å². The summed E-state index contributed by atoms with van der Waals surface area (Å²) in [7, 11) is -22.5. The van der Waals surface area contributed by atoms with Crippen LogP contribution in [0.4, 0.5) is 0 Å². The second-order valence-corrected chi connectivity index (χ2v) is 17.7. The molecule has 2 saturated heterocycles. The Morgan fingerprint density at radius 2 is 0.982 bits per heavy atom. The fourth-order valence-corrected chi connectivity index (χ4v) is 10.8. The highest BCUT2D eigenvalue weighted by Crippen LogP contribution is 2.73. The number of rotatable bonds is 14. The van der Waals surface area contributed by atoms with E-state index < -0.39 is 103 Å². The van der Waals surface area contributed by atoms with E-state index in [4.69, 9.17) is 18.5 Å². The molecule has 2 fully saturated rings. The Bertz CT molecular complexity index is 2370. The summed E-state index contributed by atoms with van der Waals surface area (Å²) in [5.74, 6) is 0. The number of nitrogens with one attached hydrogen (secondary N) is 4. The maximum Gasteiger partial charge on any atom is 0.490 e. The molecule has 4 aromatic heterocycles. The molecule has 12 atom stereocenters. The zero-order chi connectivity index (χ0) is 40.4. The smallest absolute Gasteiger partial charge is 0.385 e. The average molecular weight is 870 g/mol. The van der Waals surface area contributed by atoms with Gasteiger partial charge in [-0.25, -0.2) is 37.8 Å². The molecule has 31 nitrogen and oxygen atoms in total. The van der Waals surface area contributed by atoms with E-state index in [-0.39, 0.29) is 22.3 Å². The Morgan fingerprint density at radius 1 is 0.618 bits per heavy atom. The van der Waals surface area contributed by atoms with Gasteiger partial charge in [0, 0.05) is 14.2 Å². The first-order valence-corrected chi connectivity index (χ1v) is 20.4. The number of aromatic nitrogens is 8. The highest BCUT2D eigenvalue weighted by atomic mass is 31.3. The van der Waals surface area contributed by atoms with Crippen LogP contribution in [0.25, 0.3) is 22.3 Å². The van der Waals surface area contributed by atoms with Crippen molar-refractivity contribution in [3.63, 3.8) is 0 Å². The zero-order valence-corrected chi connectivity index (χ0v) is 30.6. The number of aliphatic hydroxyl groups is 4. The number of hydrogen-bond acceptors (Lipinski definition) is 23. The third-order valence-corrected chi connectivity index (χ3v) is 14.1. The molecule has 35 heteroatoms. The molecule has 4 aromatic rings. The van der Waals surface area contributed by atoms with E-state index in [1.807, 2.05) is 9.97 Å². The van der Waals surface area contributed by atoms with Crippen LogP contribution < -0.4 is 22.5 Å². The minimum Gasteiger partial charge on any atom is -0.385 e. The topological polar surface area (TPSA) is 440 Å². The van der Waals surface area contributed by atoms with Gasteiger partial charge in [0.2, 0.25) is 0 Å². The Morgan fingerprint density at radius 3 is 1.33 bits per heavy atom. The van der Waals surface area contributed by atoms with Crippen molar-refractivity contribution in [3.05, 3.63) is 54.3 Å². The second-order valence-electron chi connectivity index (χ2n) is 10.9. The molecule has 0 amide bonds. The van der Waals surface area contributed by atoms with Gasteiger partial charge in [-0.15, -0.1) is 0 Å².